The molecule has 0 spiro atoms. The summed E-state index contributed by atoms with van der Waals surface area (Å²) in [7, 11) is 0. The minimum Gasteiger partial charge on any atom is -0.309 e. The number of rotatable bonds is 3. The van der Waals surface area contributed by atoms with Crippen molar-refractivity contribution >= 4 is 59.8 Å². The Kier molecular flexibility index (Phi) is 5.71. The third-order valence-electron chi connectivity index (χ3n) is 10.9. The average Bonchev–Trinajstić information content (AvgIpc) is 3.69. The number of hydrogen-bond acceptors (Lipinski definition) is 2. The topological polar surface area (TPSA) is 30.7 Å². The molecule has 11 rings (SSSR count). The van der Waals surface area contributed by atoms with Crippen LogP contribution in [0.25, 0.3) is 99.2 Å². The molecule has 0 aliphatic heterocycles. The van der Waals surface area contributed by atoms with Crippen LogP contribution in [0.1, 0.15) is 19.0 Å². The summed E-state index contributed by atoms with van der Waals surface area (Å²) in [5.74, 6) is 1.24. The lowest BCUT2D eigenvalue weighted by Crippen LogP contribution is -2.03. The molecule has 2 aliphatic rings. The van der Waals surface area contributed by atoms with Crippen molar-refractivity contribution < 1.29 is 0 Å². The standard InChI is InChI=1S/C47H31N3/c1-28-10-8-12-31(26-28)45-37-16-6-7-19-41(37)48-47(49-45)30-20-23-32(24-21-30)50-42-25-22-29-11-2-3-13-33(29)44(42)40-27-39-35-15-5-4-14-34(35)36-17-9-18-38(43(36)39)46(40)50/h2-25,27-28H,26H2,1H3. The van der Waals surface area contributed by atoms with Crippen LogP contribution in [0.3, 0.4) is 0 Å². The molecule has 0 radical (unpaired) electrons. The van der Waals surface area contributed by atoms with Gasteiger partial charge in [0, 0.05) is 32.8 Å². The molecule has 3 heteroatoms. The summed E-state index contributed by atoms with van der Waals surface area (Å²) in [6, 6.07) is 48.7. The van der Waals surface area contributed by atoms with Crippen molar-refractivity contribution in [2.45, 2.75) is 13.3 Å². The lowest BCUT2D eigenvalue weighted by atomic mass is 9.92. The van der Waals surface area contributed by atoms with E-state index in [1.54, 1.807) is 0 Å². The minimum atomic E-state index is 0.483. The van der Waals surface area contributed by atoms with Crippen LogP contribution in [0, 0.1) is 5.92 Å². The van der Waals surface area contributed by atoms with Crippen LogP contribution in [-0.2, 0) is 0 Å². The number of para-hydroxylation sites is 1. The van der Waals surface area contributed by atoms with E-state index in [0.717, 1.165) is 40.1 Å². The highest BCUT2D eigenvalue weighted by Crippen LogP contribution is 2.51. The van der Waals surface area contributed by atoms with E-state index in [4.69, 9.17) is 9.97 Å². The fourth-order valence-electron chi connectivity index (χ4n) is 8.64. The van der Waals surface area contributed by atoms with E-state index in [1.165, 1.54) is 71.2 Å². The zero-order valence-corrected chi connectivity index (χ0v) is 27.6. The van der Waals surface area contributed by atoms with E-state index in [9.17, 15) is 0 Å². The summed E-state index contributed by atoms with van der Waals surface area (Å²) in [5.41, 5.74) is 13.1. The molecule has 2 heterocycles. The second-order valence-corrected chi connectivity index (χ2v) is 13.8. The number of benzene rings is 7. The average molecular weight is 638 g/mol. The summed E-state index contributed by atoms with van der Waals surface area (Å²) in [4.78, 5) is 10.3. The first-order valence-electron chi connectivity index (χ1n) is 17.5. The van der Waals surface area contributed by atoms with Crippen LogP contribution in [-0.4, -0.2) is 14.5 Å². The lowest BCUT2D eigenvalue weighted by molar-refractivity contribution is 0.747. The highest BCUT2D eigenvalue weighted by Gasteiger charge is 2.26. The summed E-state index contributed by atoms with van der Waals surface area (Å²) in [6.07, 6.45) is 7.61. The van der Waals surface area contributed by atoms with Gasteiger partial charge in [-0.05, 0) is 98.8 Å². The van der Waals surface area contributed by atoms with Gasteiger partial charge in [0.25, 0.3) is 0 Å². The molecule has 0 saturated heterocycles. The molecule has 234 valence electrons. The second kappa shape index (κ2) is 10.3. The molecule has 0 fully saturated rings. The molecule has 7 aromatic carbocycles. The molecular formula is C47H31N3. The Balaban J connectivity index is 1.16. The van der Waals surface area contributed by atoms with Crippen molar-refractivity contribution in [1.82, 2.24) is 14.5 Å². The molecule has 2 aromatic heterocycles. The van der Waals surface area contributed by atoms with Crippen LogP contribution in [0.4, 0.5) is 0 Å². The van der Waals surface area contributed by atoms with Crippen LogP contribution in [0.15, 0.2) is 152 Å². The summed E-state index contributed by atoms with van der Waals surface area (Å²) < 4.78 is 2.47. The molecule has 0 N–H and O–H groups in total. The largest absolute Gasteiger partial charge is 0.309 e. The van der Waals surface area contributed by atoms with Crippen molar-refractivity contribution in [2.24, 2.45) is 5.92 Å². The number of allylic oxidation sites excluding steroid dienone is 4. The fourth-order valence-corrected chi connectivity index (χ4v) is 8.64. The number of fused-ring (bicyclic) bond motifs is 10. The number of hydrogen-bond donors (Lipinski definition) is 0. The first kappa shape index (κ1) is 27.6. The van der Waals surface area contributed by atoms with E-state index < -0.39 is 0 Å². The Morgan fingerprint density at radius 1 is 0.600 bits per heavy atom. The first-order chi connectivity index (χ1) is 24.7. The van der Waals surface area contributed by atoms with Gasteiger partial charge in [0.15, 0.2) is 5.82 Å². The third kappa shape index (κ3) is 3.86. The summed E-state index contributed by atoms with van der Waals surface area (Å²) in [5, 5.41) is 8.82. The van der Waals surface area contributed by atoms with Crippen LogP contribution < -0.4 is 0 Å². The lowest BCUT2D eigenvalue weighted by Gasteiger charge is -2.17. The quantitative estimate of drug-likeness (QED) is 0.193. The van der Waals surface area contributed by atoms with Gasteiger partial charge in [-0.15, -0.1) is 0 Å². The summed E-state index contributed by atoms with van der Waals surface area (Å²) in [6.45, 7) is 2.26. The Morgan fingerprint density at radius 3 is 2.20 bits per heavy atom. The van der Waals surface area contributed by atoms with Crippen LogP contribution >= 0.6 is 0 Å². The molecular weight excluding hydrogens is 607 g/mol. The van der Waals surface area contributed by atoms with Crippen molar-refractivity contribution in [1.29, 1.82) is 0 Å². The molecule has 50 heavy (non-hydrogen) atoms. The normalized spacial score (nSPS) is 15.1. The molecule has 0 amide bonds. The maximum Gasteiger partial charge on any atom is 0.160 e. The SMILES string of the molecule is CC1C=CC=C(c2nc(-c3ccc(-n4c5ccc6ccccc6c5c5cc6c7c(cccc7c54)-c4ccccc4-6)cc3)nc3ccccc23)C1. The van der Waals surface area contributed by atoms with Gasteiger partial charge in [0.2, 0.25) is 0 Å². The third-order valence-corrected chi connectivity index (χ3v) is 10.9. The Morgan fingerprint density at radius 2 is 1.34 bits per heavy atom. The first-order valence-corrected chi connectivity index (χ1v) is 17.5. The van der Waals surface area contributed by atoms with Crippen molar-refractivity contribution in [3.05, 3.63) is 157 Å². The Labute approximate surface area is 289 Å². The van der Waals surface area contributed by atoms with E-state index in [-0.39, 0.29) is 0 Å². The van der Waals surface area contributed by atoms with Gasteiger partial charge < -0.3 is 4.57 Å². The molecule has 1 atom stereocenters. The molecule has 1 unspecified atom stereocenters. The fraction of sp³-hybridized carbons (Fsp3) is 0.0638. The molecule has 3 nitrogen and oxygen atoms in total. The van der Waals surface area contributed by atoms with E-state index >= 15 is 0 Å². The Bertz CT molecular complexity index is 2960. The van der Waals surface area contributed by atoms with E-state index in [1.807, 2.05) is 0 Å². The predicted molar refractivity (Wildman–Crippen MR) is 210 cm³/mol. The van der Waals surface area contributed by atoms with E-state index in [2.05, 4.69) is 163 Å². The molecule has 9 aromatic rings. The molecule has 2 aliphatic carbocycles. The summed E-state index contributed by atoms with van der Waals surface area (Å²) >= 11 is 0. The van der Waals surface area contributed by atoms with Crippen LogP contribution in [0.2, 0.25) is 0 Å². The monoisotopic (exact) mass is 637 g/mol. The highest BCUT2D eigenvalue weighted by molar-refractivity contribution is 6.31. The smallest absolute Gasteiger partial charge is 0.160 e. The van der Waals surface area contributed by atoms with Crippen molar-refractivity contribution in [3.63, 3.8) is 0 Å². The van der Waals surface area contributed by atoms with Crippen molar-refractivity contribution in [2.75, 3.05) is 0 Å². The maximum absolute atomic E-state index is 5.22. The van der Waals surface area contributed by atoms with Gasteiger partial charge >= 0.3 is 0 Å². The maximum atomic E-state index is 5.22. The number of nitrogens with zero attached hydrogens (tertiary/aromatic N) is 3. The van der Waals surface area contributed by atoms with E-state index in [0.29, 0.717) is 5.92 Å². The minimum absolute atomic E-state index is 0.483. The van der Waals surface area contributed by atoms with Gasteiger partial charge in [-0.3, -0.25) is 0 Å². The zero-order valence-electron chi connectivity index (χ0n) is 27.6. The Hall–Kier alpha value is -6.32. The van der Waals surface area contributed by atoms with Gasteiger partial charge in [-0.1, -0.05) is 116 Å². The van der Waals surface area contributed by atoms with Gasteiger partial charge in [0.05, 0.1) is 22.2 Å². The molecule has 0 saturated carbocycles. The second-order valence-electron chi connectivity index (χ2n) is 13.8. The van der Waals surface area contributed by atoms with Crippen LogP contribution in [0.5, 0.6) is 0 Å². The van der Waals surface area contributed by atoms with Gasteiger partial charge in [0.1, 0.15) is 0 Å². The van der Waals surface area contributed by atoms with Gasteiger partial charge in [-0.25, -0.2) is 9.97 Å². The zero-order chi connectivity index (χ0) is 32.9. The highest BCUT2D eigenvalue weighted by atomic mass is 15.0. The molecule has 0 bridgehead atoms. The predicted octanol–water partition coefficient (Wildman–Crippen LogP) is 12.3. The van der Waals surface area contributed by atoms with Gasteiger partial charge in [-0.2, -0.15) is 0 Å². The number of aromatic nitrogens is 3. The van der Waals surface area contributed by atoms with Crippen molar-refractivity contribution in [3.8, 4) is 39.3 Å².